The summed E-state index contributed by atoms with van der Waals surface area (Å²) in [5.74, 6) is 0.329. The van der Waals surface area contributed by atoms with Gasteiger partial charge in [0.2, 0.25) is 0 Å². The van der Waals surface area contributed by atoms with Crippen molar-refractivity contribution >= 4 is 11.6 Å². The molecule has 1 aromatic carbocycles. The number of nitrogens with one attached hydrogen (secondary N) is 1. The molecule has 0 radical (unpaired) electrons. The molecule has 3 rings (SSSR count). The fourth-order valence-electron chi connectivity index (χ4n) is 3.36. The summed E-state index contributed by atoms with van der Waals surface area (Å²) in [6, 6.07) is 6.57. The predicted octanol–water partition coefficient (Wildman–Crippen LogP) is 2.76. The molecule has 0 spiro atoms. The van der Waals surface area contributed by atoms with Crippen molar-refractivity contribution in [2.45, 2.75) is 44.3 Å². The first kappa shape index (κ1) is 13.2. The van der Waals surface area contributed by atoms with Gasteiger partial charge in [0.05, 0.1) is 0 Å². The second-order valence-corrected chi connectivity index (χ2v) is 6.14. The number of fused-ring (bicyclic) bond motifs is 1. The summed E-state index contributed by atoms with van der Waals surface area (Å²) < 4.78 is 0. The zero-order valence-corrected chi connectivity index (χ0v) is 11.9. The summed E-state index contributed by atoms with van der Waals surface area (Å²) in [5, 5.41) is 14.1. The van der Waals surface area contributed by atoms with Gasteiger partial charge >= 0.3 is 0 Å². The van der Waals surface area contributed by atoms with Gasteiger partial charge in [0, 0.05) is 29.2 Å². The molecule has 0 bridgehead atoms. The summed E-state index contributed by atoms with van der Waals surface area (Å²) >= 11 is 5.97. The lowest BCUT2D eigenvalue weighted by atomic mass is 9.97. The van der Waals surface area contributed by atoms with Crippen LogP contribution in [0.15, 0.2) is 18.2 Å². The first-order valence-corrected chi connectivity index (χ1v) is 7.55. The zero-order chi connectivity index (χ0) is 13.2. The second kappa shape index (κ2) is 5.70. The minimum absolute atomic E-state index is 0.329. The van der Waals surface area contributed by atoms with Crippen LogP contribution in [0.2, 0.25) is 5.02 Å². The van der Waals surface area contributed by atoms with Crippen LogP contribution in [0.4, 0.5) is 0 Å². The van der Waals surface area contributed by atoms with Gasteiger partial charge in [0.1, 0.15) is 5.75 Å². The number of rotatable bonds is 3. The lowest BCUT2D eigenvalue weighted by Crippen LogP contribution is -2.45. The molecule has 2 atom stereocenters. The van der Waals surface area contributed by atoms with Crippen molar-refractivity contribution in [1.82, 2.24) is 10.2 Å². The van der Waals surface area contributed by atoms with Crippen molar-refractivity contribution in [2.24, 2.45) is 0 Å². The molecule has 2 unspecified atom stereocenters. The normalized spacial score (nSPS) is 27.4. The topological polar surface area (TPSA) is 35.5 Å². The van der Waals surface area contributed by atoms with Crippen molar-refractivity contribution in [3.8, 4) is 5.75 Å². The molecule has 2 saturated heterocycles. The molecule has 104 valence electrons. The largest absolute Gasteiger partial charge is 0.508 e. The van der Waals surface area contributed by atoms with E-state index < -0.39 is 0 Å². The van der Waals surface area contributed by atoms with Crippen molar-refractivity contribution in [1.29, 1.82) is 0 Å². The van der Waals surface area contributed by atoms with E-state index in [9.17, 15) is 5.11 Å². The van der Waals surface area contributed by atoms with E-state index in [4.69, 9.17) is 11.6 Å². The lowest BCUT2D eigenvalue weighted by Gasteiger charge is -2.35. The molecule has 4 heteroatoms. The Balaban J connectivity index is 1.56. The molecular weight excluding hydrogens is 260 g/mol. The molecule has 0 amide bonds. The van der Waals surface area contributed by atoms with Gasteiger partial charge < -0.3 is 15.3 Å². The van der Waals surface area contributed by atoms with E-state index in [0.29, 0.717) is 23.4 Å². The maximum absolute atomic E-state index is 9.81. The van der Waals surface area contributed by atoms with Crippen LogP contribution < -0.4 is 5.32 Å². The SMILES string of the molecule is Oc1ccc(Cl)cc1CNC1CCN2CCCC2C1. The number of aromatic hydroxyl groups is 1. The van der Waals surface area contributed by atoms with Crippen LogP contribution in [0.1, 0.15) is 31.2 Å². The smallest absolute Gasteiger partial charge is 0.120 e. The number of benzene rings is 1. The molecule has 3 nitrogen and oxygen atoms in total. The molecule has 2 aliphatic rings. The third-order valence-electron chi connectivity index (χ3n) is 4.44. The highest BCUT2D eigenvalue weighted by Gasteiger charge is 2.31. The highest BCUT2D eigenvalue weighted by molar-refractivity contribution is 6.30. The van der Waals surface area contributed by atoms with Gasteiger partial charge in [0.25, 0.3) is 0 Å². The van der Waals surface area contributed by atoms with Crippen LogP contribution in [0.25, 0.3) is 0 Å². The zero-order valence-electron chi connectivity index (χ0n) is 11.1. The van der Waals surface area contributed by atoms with Crippen LogP contribution in [0.5, 0.6) is 5.75 Å². The number of phenolic OH excluding ortho intramolecular Hbond substituents is 1. The molecule has 2 heterocycles. The van der Waals surface area contributed by atoms with Crippen LogP contribution in [0, 0.1) is 0 Å². The summed E-state index contributed by atoms with van der Waals surface area (Å²) in [7, 11) is 0. The van der Waals surface area contributed by atoms with E-state index in [1.165, 1.54) is 38.8 Å². The Hall–Kier alpha value is -0.770. The van der Waals surface area contributed by atoms with Crippen molar-refractivity contribution in [2.75, 3.05) is 13.1 Å². The number of halogens is 1. The standard InChI is InChI=1S/C15H21ClN2O/c16-12-3-4-15(19)11(8-12)10-17-13-5-7-18-6-1-2-14(18)9-13/h3-4,8,13-14,17,19H,1-2,5-7,9-10H2. The minimum Gasteiger partial charge on any atom is -0.508 e. The number of phenols is 1. The van der Waals surface area contributed by atoms with Crippen molar-refractivity contribution in [3.63, 3.8) is 0 Å². The van der Waals surface area contributed by atoms with Gasteiger partial charge in [-0.1, -0.05) is 11.6 Å². The van der Waals surface area contributed by atoms with Gasteiger partial charge in [-0.3, -0.25) is 0 Å². The molecule has 0 saturated carbocycles. The van der Waals surface area contributed by atoms with Gasteiger partial charge in [0.15, 0.2) is 0 Å². The Morgan fingerprint density at radius 1 is 1.32 bits per heavy atom. The van der Waals surface area contributed by atoms with Crippen molar-refractivity contribution < 1.29 is 5.11 Å². The lowest BCUT2D eigenvalue weighted by molar-refractivity contribution is 0.166. The summed E-state index contributed by atoms with van der Waals surface area (Å²) in [6.45, 7) is 3.19. The summed E-state index contributed by atoms with van der Waals surface area (Å²) in [5.41, 5.74) is 0.890. The Labute approximate surface area is 119 Å². The van der Waals surface area contributed by atoms with Crippen LogP contribution in [0.3, 0.4) is 0 Å². The highest BCUT2D eigenvalue weighted by Crippen LogP contribution is 2.27. The molecular formula is C15H21ClN2O. The van der Waals surface area contributed by atoms with Gasteiger partial charge in [-0.2, -0.15) is 0 Å². The summed E-state index contributed by atoms with van der Waals surface area (Å²) in [6.07, 6.45) is 5.15. The molecule has 2 aliphatic heterocycles. The fourth-order valence-corrected chi connectivity index (χ4v) is 3.55. The van der Waals surface area contributed by atoms with Crippen LogP contribution in [-0.2, 0) is 6.54 Å². The molecule has 0 aromatic heterocycles. The number of hydrogen-bond donors (Lipinski definition) is 2. The molecule has 2 fully saturated rings. The molecule has 19 heavy (non-hydrogen) atoms. The predicted molar refractivity (Wildman–Crippen MR) is 77.6 cm³/mol. The fraction of sp³-hybridized carbons (Fsp3) is 0.600. The third-order valence-corrected chi connectivity index (χ3v) is 4.68. The summed E-state index contributed by atoms with van der Waals surface area (Å²) in [4.78, 5) is 2.62. The Bertz CT molecular complexity index is 452. The molecule has 0 aliphatic carbocycles. The van der Waals surface area contributed by atoms with E-state index in [2.05, 4.69) is 10.2 Å². The highest BCUT2D eigenvalue weighted by atomic mass is 35.5. The van der Waals surface area contributed by atoms with Crippen LogP contribution >= 0.6 is 11.6 Å². The minimum atomic E-state index is 0.329. The Morgan fingerprint density at radius 2 is 2.21 bits per heavy atom. The quantitative estimate of drug-likeness (QED) is 0.894. The Kier molecular flexibility index (Phi) is 3.96. The second-order valence-electron chi connectivity index (χ2n) is 5.71. The molecule has 1 aromatic rings. The first-order valence-electron chi connectivity index (χ1n) is 7.17. The number of hydrogen-bond acceptors (Lipinski definition) is 3. The number of piperidine rings is 1. The maximum Gasteiger partial charge on any atom is 0.120 e. The van der Waals surface area contributed by atoms with Gasteiger partial charge in [-0.05, 0) is 57.0 Å². The Morgan fingerprint density at radius 3 is 3.11 bits per heavy atom. The number of nitrogens with zero attached hydrogens (tertiary/aromatic N) is 1. The monoisotopic (exact) mass is 280 g/mol. The van der Waals surface area contributed by atoms with E-state index in [-0.39, 0.29) is 0 Å². The van der Waals surface area contributed by atoms with Gasteiger partial charge in [-0.15, -0.1) is 0 Å². The first-order chi connectivity index (χ1) is 9.22. The molecule has 2 N–H and O–H groups in total. The third kappa shape index (κ3) is 3.04. The maximum atomic E-state index is 9.81. The van der Waals surface area contributed by atoms with E-state index in [1.54, 1.807) is 12.1 Å². The average Bonchev–Trinajstić information content (AvgIpc) is 2.87. The van der Waals surface area contributed by atoms with E-state index in [0.717, 1.165) is 11.6 Å². The average molecular weight is 281 g/mol. The van der Waals surface area contributed by atoms with Crippen molar-refractivity contribution in [3.05, 3.63) is 28.8 Å². The van der Waals surface area contributed by atoms with Crippen LogP contribution in [-0.4, -0.2) is 35.2 Å². The van der Waals surface area contributed by atoms with Gasteiger partial charge in [-0.25, -0.2) is 0 Å². The van der Waals surface area contributed by atoms with E-state index >= 15 is 0 Å². The van der Waals surface area contributed by atoms with E-state index in [1.807, 2.05) is 6.07 Å².